The van der Waals surface area contributed by atoms with E-state index in [0.717, 1.165) is 29.4 Å². The second-order valence-corrected chi connectivity index (χ2v) is 5.76. The molecule has 0 saturated heterocycles. The lowest BCUT2D eigenvalue weighted by Crippen LogP contribution is -2.27. The predicted octanol–water partition coefficient (Wildman–Crippen LogP) is 3.16. The highest BCUT2D eigenvalue weighted by atomic mass is 32.1. The molecule has 5 nitrogen and oxygen atoms in total. The molecule has 0 radical (unpaired) electrons. The topological polar surface area (TPSA) is 66.9 Å². The highest BCUT2D eigenvalue weighted by Crippen LogP contribution is 2.19. The van der Waals surface area contributed by atoms with Crippen molar-refractivity contribution in [3.63, 3.8) is 0 Å². The number of carbonyl (C=O) groups excluding carboxylic acids is 1. The molecule has 6 heteroatoms. The van der Waals surface area contributed by atoms with Crippen molar-refractivity contribution in [1.29, 1.82) is 0 Å². The summed E-state index contributed by atoms with van der Waals surface area (Å²) in [6, 6.07) is 1.62. The monoisotopic (exact) mass is 304 g/mol. The fraction of sp³-hybridized carbons (Fsp3) is 0.400. The summed E-state index contributed by atoms with van der Waals surface area (Å²) >= 11 is 1.56. The number of aryl methyl sites for hydroxylation is 1. The minimum Gasteiger partial charge on any atom is -0.383 e. The quantitative estimate of drug-likeness (QED) is 0.860. The Bertz CT molecular complexity index is 611. The number of pyridine rings is 1. The Labute approximate surface area is 128 Å². The fourth-order valence-electron chi connectivity index (χ4n) is 1.90. The number of nitrogens with one attached hydrogen (secondary N) is 2. The number of anilines is 1. The third-order valence-corrected chi connectivity index (χ3v) is 4.13. The number of nitrogens with zero attached hydrogens (tertiary/aromatic N) is 2. The zero-order valence-corrected chi connectivity index (χ0v) is 13.3. The Kier molecular flexibility index (Phi) is 5.27. The van der Waals surface area contributed by atoms with Gasteiger partial charge in [0.25, 0.3) is 5.91 Å². The van der Waals surface area contributed by atoms with Crippen LogP contribution < -0.4 is 10.6 Å². The Morgan fingerprint density at radius 2 is 2.29 bits per heavy atom. The van der Waals surface area contributed by atoms with Crippen LogP contribution in [0.15, 0.2) is 23.8 Å². The molecule has 0 fully saturated rings. The molecule has 0 aliphatic heterocycles. The number of rotatable bonds is 6. The third-order valence-electron chi connectivity index (χ3n) is 2.99. The molecule has 2 rings (SSSR count). The van der Waals surface area contributed by atoms with Gasteiger partial charge in [0.15, 0.2) is 0 Å². The van der Waals surface area contributed by atoms with Crippen molar-refractivity contribution < 1.29 is 4.79 Å². The van der Waals surface area contributed by atoms with Crippen molar-refractivity contribution in [3.05, 3.63) is 40.1 Å². The molecular weight excluding hydrogens is 284 g/mol. The van der Waals surface area contributed by atoms with E-state index in [2.05, 4.69) is 27.5 Å². The van der Waals surface area contributed by atoms with Crippen LogP contribution in [0.5, 0.6) is 0 Å². The van der Waals surface area contributed by atoms with Crippen molar-refractivity contribution in [2.75, 3.05) is 11.9 Å². The van der Waals surface area contributed by atoms with E-state index in [9.17, 15) is 4.79 Å². The number of hydrogen-bond acceptors (Lipinski definition) is 5. The maximum Gasteiger partial charge on any atom is 0.254 e. The predicted molar refractivity (Wildman–Crippen MR) is 85.7 cm³/mol. The van der Waals surface area contributed by atoms with Crippen LogP contribution in [0.1, 0.15) is 47.4 Å². The second-order valence-electron chi connectivity index (χ2n) is 4.87. The Morgan fingerprint density at radius 1 is 1.48 bits per heavy atom. The molecule has 112 valence electrons. The number of aromatic nitrogens is 2. The van der Waals surface area contributed by atoms with E-state index in [1.54, 1.807) is 29.8 Å². The van der Waals surface area contributed by atoms with Gasteiger partial charge < -0.3 is 10.6 Å². The van der Waals surface area contributed by atoms with Gasteiger partial charge >= 0.3 is 0 Å². The maximum absolute atomic E-state index is 12.4. The van der Waals surface area contributed by atoms with E-state index in [-0.39, 0.29) is 11.9 Å². The lowest BCUT2D eigenvalue weighted by Gasteiger charge is -2.14. The fourth-order valence-corrected chi connectivity index (χ4v) is 2.70. The van der Waals surface area contributed by atoms with Crippen molar-refractivity contribution >= 4 is 22.9 Å². The molecule has 1 unspecified atom stereocenters. The van der Waals surface area contributed by atoms with Crippen LogP contribution in [0.4, 0.5) is 5.69 Å². The molecule has 0 bridgehead atoms. The standard InChI is InChI=1S/C15H20N4OS/c1-4-6-17-13-8-16-7-5-12(13)14(20)19-11(3)15-18-10(2)9-21-15/h5,7-9,11,17H,4,6H2,1-3H3,(H,19,20). The van der Waals surface area contributed by atoms with E-state index in [1.807, 2.05) is 19.2 Å². The molecule has 2 aromatic rings. The van der Waals surface area contributed by atoms with Crippen LogP contribution in [-0.4, -0.2) is 22.4 Å². The molecule has 1 amide bonds. The summed E-state index contributed by atoms with van der Waals surface area (Å²) in [5.41, 5.74) is 2.35. The first-order valence-electron chi connectivity index (χ1n) is 7.02. The normalized spacial score (nSPS) is 12.0. The van der Waals surface area contributed by atoms with Gasteiger partial charge in [0.05, 0.1) is 23.5 Å². The van der Waals surface area contributed by atoms with Gasteiger partial charge in [-0.15, -0.1) is 11.3 Å². The highest BCUT2D eigenvalue weighted by molar-refractivity contribution is 7.09. The van der Waals surface area contributed by atoms with Crippen molar-refractivity contribution in [2.24, 2.45) is 0 Å². The van der Waals surface area contributed by atoms with Crippen LogP contribution in [-0.2, 0) is 0 Å². The van der Waals surface area contributed by atoms with Crippen LogP contribution in [0.2, 0.25) is 0 Å². The molecule has 0 aliphatic carbocycles. The number of thiazole rings is 1. The van der Waals surface area contributed by atoms with Gasteiger partial charge in [-0.2, -0.15) is 0 Å². The Morgan fingerprint density at radius 3 is 2.95 bits per heavy atom. The number of hydrogen-bond donors (Lipinski definition) is 2. The Balaban J connectivity index is 2.09. The Hall–Kier alpha value is -1.95. The smallest absolute Gasteiger partial charge is 0.254 e. The summed E-state index contributed by atoms with van der Waals surface area (Å²) in [6.07, 6.45) is 4.30. The molecule has 1 atom stereocenters. The van der Waals surface area contributed by atoms with Crippen molar-refractivity contribution in [2.45, 2.75) is 33.2 Å². The largest absolute Gasteiger partial charge is 0.383 e. The minimum absolute atomic E-state index is 0.108. The lowest BCUT2D eigenvalue weighted by atomic mass is 10.2. The van der Waals surface area contributed by atoms with E-state index in [0.29, 0.717) is 5.56 Å². The van der Waals surface area contributed by atoms with E-state index >= 15 is 0 Å². The van der Waals surface area contributed by atoms with E-state index in [4.69, 9.17) is 0 Å². The van der Waals surface area contributed by atoms with Gasteiger partial charge in [-0.3, -0.25) is 9.78 Å². The highest BCUT2D eigenvalue weighted by Gasteiger charge is 2.16. The van der Waals surface area contributed by atoms with Gasteiger partial charge in [0.1, 0.15) is 5.01 Å². The van der Waals surface area contributed by atoms with Gasteiger partial charge in [0, 0.05) is 23.8 Å². The molecule has 0 spiro atoms. The van der Waals surface area contributed by atoms with Crippen LogP contribution in [0.3, 0.4) is 0 Å². The first-order valence-corrected chi connectivity index (χ1v) is 7.90. The second kappa shape index (κ2) is 7.17. The number of amides is 1. The summed E-state index contributed by atoms with van der Waals surface area (Å²) in [7, 11) is 0. The van der Waals surface area contributed by atoms with Gasteiger partial charge in [-0.25, -0.2) is 4.98 Å². The summed E-state index contributed by atoms with van der Waals surface area (Å²) in [5.74, 6) is -0.114. The molecule has 0 aromatic carbocycles. The molecule has 0 aliphatic rings. The zero-order chi connectivity index (χ0) is 15.2. The average Bonchev–Trinajstić information content (AvgIpc) is 2.92. The summed E-state index contributed by atoms with van der Waals surface area (Å²) in [6.45, 7) is 6.78. The maximum atomic E-state index is 12.4. The van der Waals surface area contributed by atoms with Crippen molar-refractivity contribution in [3.8, 4) is 0 Å². The lowest BCUT2D eigenvalue weighted by molar-refractivity contribution is 0.0940. The summed E-state index contributed by atoms with van der Waals surface area (Å²) in [4.78, 5) is 20.9. The average molecular weight is 304 g/mol. The molecule has 2 heterocycles. The van der Waals surface area contributed by atoms with Crippen LogP contribution in [0, 0.1) is 6.92 Å². The summed E-state index contributed by atoms with van der Waals surface area (Å²) < 4.78 is 0. The minimum atomic E-state index is -0.114. The first kappa shape index (κ1) is 15.4. The molecule has 0 saturated carbocycles. The summed E-state index contributed by atoms with van der Waals surface area (Å²) in [5, 5.41) is 9.11. The van der Waals surface area contributed by atoms with Crippen LogP contribution >= 0.6 is 11.3 Å². The zero-order valence-electron chi connectivity index (χ0n) is 12.5. The molecule has 21 heavy (non-hydrogen) atoms. The van der Waals surface area contributed by atoms with Crippen molar-refractivity contribution in [1.82, 2.24) is 15.3 Å². The SMILES string of the molecule is CCCNc1cnccc1C(=O)NC(C)c1nc(C)cs1. The van der Waals surface area contributed by atoms with Crippen LogP contribution in [0.25, 0.3) is 0 Å². The van der Waals surface area contributed by atoms with E-state index < -0.39 is 0 Å². The van der Waals surface area contributed by atoms with Gasteiger partial charge in [-0.05, 0) is 26.3 Å². The third kappa shape index (κ3) is 4.01. The van der Waals surface area contributed by atoms with Gasteiger partial charge in [-0.1, -0.05) is 6.92 Å². The number of carbonyl (C=O) groups is 1. The van der Waals surface area contributed by atoms with E-state index in [1.165, 1.54) is 0 Å². The first-order chi connectivity index (χ1) is 10.1. The molecule has 2 aromatic heterocycles. The van der Waals surface area contributed by atoms with Gasteiger partial charge in [0.2, 0.25) is 0 Å². The molecular formula is C15H20N4OS. The molecule has 2 N–H and O–H groups in total.